The molecule has 1 unspecified atom stereocenters. The van der Waals surface area contributed by atoms with Gasteiger partial charge in [0.05, 0.1) is 29.9 Å². The SMILES string of the molecule is O=C(COC(=O)CC(NC(=O)c1ccccc1)c1ccccc1)Nc1cccc2nsnc12. The summed E-state index contributed by atoms with van der Waals surface area (Å²) in [5.74, 6) is -1.41. The first-order valence-electron chi connectivity index (χ1n) is 10.2. The Morgan fingerprint density at radius 3 is 2.36 bits per heavy atom. The number of esters is 1. The van der Waals surface area contributed by atoms with E-state index in [0.717, 1.165) is 17.3 Å². The van der Waals surface area contributed by atoms with Crippen LogP contribution in [0.4, 0.5) is 5.69 Å². The van der Waals surface area contributed by atoms with Crippen molar-refractivity contribution in [3.8, 4) is 0 Å². The quantitative estimate of drug-likeness (QED) is 0.388. The van der Waals surface area contributed by atoms with Gasteiger partial charge in [0, 0.05) is 5.56 Å². The number of anilines is 1. The van der Waals surface area contributed by atoms with Gasteiger partial charge in [0.15, 0.2) is 6.61 Å². The highest BCUT2D eigenvalue weighted by molar-refractivity contribution is 7.00. The van der Waals surface area contributed by atoms with Crippen molar-refractivity contribution in [1.82, 2.24) is 14.1 Å². The lowest BCUT2D eigenvalue weighted by molar-refractivity contribution is -0.147. The second-order valence-electron chi connectivity index (χ2n) is 7.15. The number of carbonyl (C=O) groups excluding carboxylic acids is 3. The molecule has 33 heavy (non-hydrogen) atoms. The van der Waals surface area contributed by atoms with Gasteiger partial charge in [0.25, 0.3) is 11.8 Å². The standard InChI is InChI=1S/C24H20N4O4S/c29-21(25-18-12-7-13-19-23(18)28-33-27-19)15-32-22(30)14-20(16-8-3-1-4-9-16)26-24(31)17-10-5-2-6-11-17/h1-13,20H,14-15H2,(H,25,29)(H,26,31). The normalized spacial score (nSPS) is 11.5. The van der Waals surface area contributed by atoms with E-state index in [4.69, 9.17) is 4.74 Å². The molecule has 9 heteroatoms. The predicted octanol–water partition coefficient (Wildman–Crippen LogP) is 3.73. The Labute approximate surface area is 193 Å². The maximum Gasteiger partial charge on any atom is 0.308 e. The van der Waals surface area contributed by atoms with Crippen LogP contribution >= 0.6 is 11.7 Å². The number of aromatic nitrogens is 2. The van der Waals surface area contributed by atoms with Crippen LogP contribution in [0.3, 0.4) is 0 Å². The molecule has 1 aromatic heterocycles. The van der Waals surface area contributed by atoms with Gasteiger partial charge in [-0.3, -0.25) is 14.4 Å². The number of amides is 2. The zero-order valence-electron chi connectivity index (χ0n) is 17.4. The third kappa shape index (κ3) is 5.78. The van der Waals surface area contributed by atoms with Gasteiger partial charge >= 0.3 is 5.97 Å². The smallest absolute Gasteiger partial charge is 0.308 e. The van der Waals surface area contributed by atoms with Crippen molar-refractivity contribution >= 4 is 46.2 Å². The zero-order chi connectivity index (χ0) is 23.0. The van der Waals surface area contributed by atoms with E-state index in [2.05, 4.69) is 19.4 Å². The van der Waals surface area contributed by atoms with Crippen molar-refractivity contribution < 1.29 is 19.1 Å². The number of carbonyl (C=O) groups is 3. The van der Waals surface area contributed by atoms with Crippen LogP contribution in [0.15, 0.2) is 78.9 Å². The minimum Gasteiger partial charge on any atom is -0.455 e. The van der Waals surface area contributed by atoms with Crippen LogP contribution in [0.5, 0.6) is 0 Å². The van der Waals surface area contributed by atoms with Crippen molar-refractivity contribution in [3.63, 3.8) is 0 Å². The summed E-state index contributed by atoms with van der Waals surface area (Å²) in [6.45, 7) is -0.457. The molecule has 0 aliphatic rings. The average Bonchev–Trinajstić information content (AvgIpc) is 3.33. The highest BCUT2D eigenvalue weighted by Gasteiger charge is 2.21. The van der Waals surface area contributed by atoms with Gasteiger partial charge in [0.2, 0.25) is 0 Å². The van der Waals surface area contributed by atoms with Crippen molar-refractivity contribution in [2.75, 3.05) is 11.9 Å². The van der Waals surface area contributed by atoms with Gasteiger partial charge in [-0.2, -0.15) is 8.75 Å². The maximum atomic E-state index is 12.6. The molecule has 3 aromatic carbocycles. The molecule has 166 valence electrons. The van der Waals surface area contributed by atoms with Gasteiger partial charge < -0.3 is 15.4 Å². The third-order valence-electron chi connectivity index (χ3n) is 4.84. The van der Waals surface area contributed by atoms with Gasteiger partial charge in [-0.15, -0.1) is 0 Å². The molecule has 4 aromatic rings. The van der Waals surface area contributed by atoms with Gasteiger partial charge in [-0.25, -0.2) is 0 Å². The summed E-state index contributed by atoms with van der Waals surface area (Å²) < 4.78 is 13.5. The molecular formula is C24H20N4O4S. The first-order valence-corrected chi connectivity index (χ1v) is 10.9. The van der Waals surface area contributed by atoms with E-state index in [1.807, 2.05) is 36.4 Å². The minimum absolute atomic E-state index is 0.124. The first-order chi connectivity index (χ1) is 16.1. The van der Waals surface area contributed by atoms with Crippen LogP contribution in [-0.2, 0) is 14.3 Å². The van der Waals surface area contributed by atoms with Crippen LogP contribution in [0.25, 0.3) is 11.0 Å². The van der Waals surface area contributed by atoms with E-state index >= 15 is 0 Å². The molecule has 0 spiro atoms. The van der Waals surface area contributed by atoms with Crippen LogP contribution in [0.1, 0.15) is 28.4 Å². The predicted molar refractivity (Wildman–Crippen MR) is 125 cm³/mol. The van der Waals surface area contributed by atoms with Crippen molar-refractivity contribution in [2.45, 2.75) is 12.5 Å². The van der Waals surface area contributed by atoms with E-state index in [1.165, 1.54) is 0 Å². The van der Waals surface area contributed by atoms with E-state index in [1.54, 1.807) is 42.5 Å². The second kappa shape index (κ2) is 10.5. The number of fused-ring (bicyclic) bond motifs is 1. The number of rotatable bonds is 8. The molecule has 0 saturated carbocycles. The molecule has 0 radical (unpaired) electrons. The highest BCUT2D eigenvalue weighted by atomic mass is 32.1. The van der Waals surface area contributed by atoms with E-state index in [9.17, 15) is 14.4 Å². The number of nitrogens with one attached hydrogen (secondary N) is 2. The van der Waals surface area contributed by atoms with Crippen molar-refractivity contribution in [1.29, 1.82) is 0 Å². The zero-order valence-corrected chi connectivity index (χ0v) is 18.2. The Hall–Kier alpha value is -4.11. The Morgan fingerprint density at radius 1 is 0.879 bits per heavy atom. The van der Waals surface area contributed by atoms with Gasteiger partial charge in [0.1, 0.15) is 11.0 Å². The molecule has 1 atom stereocenters. The Bertz CT molecular complexity index is 1260. The number of ether oxygens (including phenoxy) is 1. The molecule has 0 saturated heterocycles. The third-order valence-corrected chi connectivity index (χ3v) is 5.38. The summed E-state index contributed by atoms with van der Waals surface area (Å²) in [6.07, 6.45) is -0.124. The Morgan fingerprint density at radius 2 is 1.61 bits per heavy atom. The lowest BCUT2D eigenvalue weighted by atomic mass is 10.0. The fourth-order valence-corrected chi connectivity index (χ4v) is 3.78. The fourth-order valence-electron chi connectivity index (χ4n) is 3.23. The Kier molecular flexibility index (Phi) is 7.01. The molecule has 0 fully saturated rings. The van der Waals surface area contributed by atoms with Crippen molar-refractivity contribution in [3.05, 3.63) is 90.0 Å². The van der Waals surface area contributed by atoms with E-state index in [-0.39, 0.29) is 12.3 Å². The summed E-state index contributed by atoms with van der Waals surface area (Å²) in [4.78, 5) is 37.4. The fraction of sp³-hybridized carbons (Fsp3) is 0.125. The van der Waals surface area contributed by atoms with Crippen LogP contribution in [-0.4, -0.2) is 33.1 Å². The second-order valence-corrected chi connectivity index (χ2v) is 7.68. The van der Waals surface area contributed by atoms with Crippen LogP contribution in [0.2, 0.25) is 0 Å². The van der Waals surface area contributed by atoms with Gasteiger partial charge in [-0.1, -0.05) is 54.6 Å². The topological polar surface area (TPSA) is 110 Å². The number of hydrogen-bond acceptors (Lipinski definition) is 7. The molecule has 0 aliphatic heterocycles. The van der Waals surface area contributed by atoms with E-state index < -0.39 is 24.5 Å². The summed E-state index contributed by atoms with van der Waals surface area (Å²) in [5.41, 5.74) is 2.99. The summed E-state index contributed by atoms with van der Waals surface area (Å²) in [7, 11) is 0. The number of benzene rings is 3. The highest BCUT2D eigenvalue weighted by Crippen LogP contribution is 2.21. The number of hydrogen-bond donors (Lipinski definition) is 2. The number of nitrogens with zero attached hydrogens (tertiary/aromatic N) is 2. The summed E-state index contributed by atoms with van der Waals surface area (Å²) >= 11 is 1.05. The van der Waals surface area contributed by atoms with Crippen LogP contribution in [0, 0.1) is 0 Å². The molecule has 2 amide bonds. The molecule has 4 rings (SSSR count). The average molecular weight is 461 g/mol. The summed E-state index contributed by atoms with van der Waals surface area (Å²) in [5, 5.41) is 5.55. The minimum atomic E-state index is -0.610. The lowest BCUT2D eigenvalue weighted by Gasteiger charge is -2.19. The molecule has 0 aliphatic carbocycles. The monoisotopic (exact) mass is 460 g/mol. The van der Waals surface area contributed by atoms with Gasteiger partial charge in [-0.05, 0) is 29.8 Å². The molecule has 8 nitrogen and oxygen atoms in total. The Balaban J connectivity index is 1.37. The van der Waals surface area contributed by atoms with Crippen LogP contribution < -0.4 is 10.6 Å². The maximum absolute atomic E-state index is 12.6. The molecule has 1 heterocycles. The molecular weight excluding hydrogens is 440 g/mol. The lowest BCUT2D eigenvalue weighted by Crippen LogP contribution is -2.31. The van der Waals surface area contributed by atoms with E-state index in [0.29, 0.717) is 22.3 Å². The molecule has 0 bridgehead atoms. The largest absolute Gasteiger partial charge is 0.455 e. The first kappa shape index (κ1) is 22.1. The summed E-state index contributed by atoms with van der Waals surface area (Å²) in [6, 6.07) is 22.5. The van der Waals surface area contributed by atoms with Crippen molar-refractivity contribution in [2.24, 2.45) is 0 Å². The molecule has 2 N–H and O–H groups in total.